The second-order valence-electron chi connectivity index (χ2n) is 8.98. The zero-order chi connectivity index (χ0) is 26.4. The van der Waals surface area contributed by atoms with Crippen molar-refractivity contribution in [3.63, 3.8) is 0 Å². The van der Waals surface area contributed by atoms with Gasteiger partial charge in [-0.15, -0.1) is 11.3 Å². The van der Waals surface area contributed by atoms with Crippen LogP contribution in [0.4, 0.5) is 11.4 Å². The Labute approximate surface area is 225 Å². The molecule has 2 amide bonds. The van der Waals surface area contributed by atoms with Gasteiger partial charge in [0.2, 0.25) is 5.91 Å². The predicted octanol–water partition coefficient (Wildman–Crippen LogP) is 6.79. The van der Waals surface area contributed by atoms with Gasteiger partial charge in [0, 0.05) is 33.4 Å². The zero-order valence-corrected chi connectivity index (χ0v) is 22.5. The van der Waals surface area contributed by atoms with E-state index in [1.807, 2.05) is 72.1 Å². The Morgan fingerprint density at radius 3 is 2.35 bits per heavy atom. The van der Waals surface area contributed by atoms with Crippen molar-refractivity contribution in [1.82, 2.24) is 0 Å². The first-order valence-electron chi connectivity index (χ1n) is 12.0. The SMILES string of the molecule is CC1=C(C(=O)Nc2ccccc2)C(c2cccs2)C(C#N)C(SCC(=O)Nc2ccc(C(C)C)cc2)=N1. The van der Waals surface area contributed by atoms with Gasteiger partial charge in [0.1, 0.15) is 5.92 Å². The number of thioether (sulfide) groups is 1. The number of benzene rings is 2. The summed E-state index contributed by atoms with van der Waals surface area (Å²) in [4.78, 5) is 31.6. The van der Waals surface area contributed by atoms with E-state index in [4.69, 9.17) is 0 Å². The lowest BCUT2D eigenvalue weighted by Gasteiger charge is -2.29. The topological polar surface area (TPSA) is 94.4 Å². The number of nitrogens with one attached hydrogen (secondary N) is 2. The number of nitriles is 1. The molecule has 0 saturated heterocycles. The number of nitrogens with zero attached hydrogens (tertiary/aromatic N) is 2. The van der Waals surface area contributed by atoms with Crippen LogP contribution in [0.3, 0.4) is 0 Å². The Morgan fingerprint density at radius 2 is 1.73 bits per heavy atom. The van der Waals surface area contributed by atoms with Gasteiger partial charge in [0.25, 0.3) is 5.91 Å². The summed E-state index contributed by atoms with van der Waals surface area (Å²) in [6.45, 7) is 6.03. The van der Waals surface area contributed by atoms with E-state index in [1.54, 1.807) is 6.92 Å². The molecule has 0 aliphatic carbocycles. The first kappa shape index (κ1) is 26.4. The molecule has 6 nitrogen and oxygen atoms in total. The van der Waals surface area contributed by atoms with Crippen LogP contribution in [-0.4, -0.2) is 22.6 Å². The molecule has 188 valence electrons. The number of para-hydroxylation sites is 1. The molecule has 3 aromatic rings. The van der Waals surface area contributed by atoms with Gasteiger partial charge < -0.3 is 10.6 Å². The van der Waals surface area contributed by atoms with Crippen LogP contribution >= 0.6 is 23.1 Å². The average Bonchev–Trinajstić information content (AvgIpc) is 3.42. The van der Waals surface area contributed by atoms with E-state index in [2.05, 4.69) is 35.5 Å². The third kappa shape index (κ3) is 6.37. The Morgan fingerprint density at radius 1 is 1.03 bits per heavy atom. The first-order chi connectivity index (χ1) is 17.9. The zero-order valence-electron chi connectivity index (χ0n) is 20.9. The Bertz CT molecular complexity index is 1360. The number of carbonyl (C=O) groups excluding carboxylic acids is 2. The van der Waals surface area contributed by atoms with Crippen LogP contribution in [0, 0.1) is 17.2 Å². The summed E-state index contributed by atoms with van der Waals surface area (Å²) in [7, 11) is 0. The summed E-state index contributed by atoms with van der Waals surface area (Å²) in [5.74, 6) is -1.08. The molecule has 2 atom stereocenters. The summed E-state index contributed by atoms with van der Waals surface area (Å²) in [5.41, 5.74) is 3.62. The lowest BCUT2D eigenvalue weighted by molar-refractivity contribution is -0.114. The van der Waals surface area contributed by atoms with Crippen molar-refractivity contribution in [3.8, 4) is 6.07 Å². The molecule has 4 rings (SSSR count). The second kappa shape index (κ2) is 12.0. The number of allylic oxidation sites excluding steroid dienone is 1. The predicted molar refractivity (Wildman–Crippen MR) is 153 cm³/mol. The van der Waals surface area contributed by atoms with Crippen molar-refractivity contribution >= 4 is 51.3 Å². The maximum Gasteiger partial charge on any atom is 0.254 e. The highest BCUT2D eigenvalue weighted by Gasteiger charge is 2.39. The van der Waals surface area contributed by atoms with Crippen molar-refractivity contribution in [3.05, 3.63) is 93.8 Å². The van der Waals surface area contributed by atoms with Crippen LogP contribution in [0.15, 0.2) is 88.4 Å². The van der Waals surface area contributed by atoms with Gasteiger partial charge in [0.05, 0.1) is 16.9 Å². The van der Waals surface area contributed by atoms with E-state index >= 15 is 0 Å². The maximum atomic E-state index is 13.4. The standard InChI is InChI=1S/C29H28N4O2S2/c1-18(2)20-11-13-22(14-12-20)32-25(34)17-37-29-23(16-30)27(24-10-7-15-36-24)26(19(3)31-29)28(35)33-21-8-5-4-6-9-21/h4-15,18,23,27H,17H2,1-3H3,(H,32,34)(H,33,35). The van der Waals surface area contributed by atoms with E-state index in [0.29, 0.717) is 27.9 Å². The fourth-order valence-corrected chi connectivity index (χ4v) is 5.96. The Balaban J connectivity index is 1.54. The lowest BCUT2D eigenvalue weighted by atomic mass is 9.82. The molecule has 1 aliphatic rings. The minimum atomic E-state index is -0.679. The molecule has 2 N–H and O–H groups in total. The smallest absolute Gasteiger partial charge is 0.254 e. The molecule has 2 heterocycles. The van der Waals surface area contributed by atoms with E-state index in [1.165, 1.54) is 28.7 Å². The molecule has 37 heavy (non-hydrogen) atoms. The fourth-order valence-electron chi connectivity index (χ4n) is 4.17. The molecule has 0 saturated carbocycles. The van der Waals surface area contributed by atoms with Gasteiger partial charge in [-0.3, -0.25) is 9.59 Å². The van der Waals surface area contributed by atoms with Crippen LogP contribution in [0.25, 0.3) is 0 Å². The monoisotopic (exact) mass is 528 g/mol. The highest BCUT2D eigenvalue weighted by Crippen LogP contribution is 2.43. The van der Waals surface area contributed by atoms with E-state index < -0.39 is 11.8 Å². The van der Waals surface area contributed by atoms with Gasteiger partial charge in [-0.25, -0.2) is 4.99 Å². The summed E-state index contributed by atoms with van der Waals surface area (Å²) in [6.07, 6.45) is 0. The van der Waals surface area contributed by atoms with Crippen molar-refractivity contribution < 1.29 is 9.59 Å². The molecule has 2 unspecified atom stereocenters. The van der Waals surface area contributed by atoms with Crippen LogP contribution in [0.5, 0.6) is 0 Å². The van der Waals surface area contributed by atoms with Crippen molar-refractivity contribution in [2.24, 2.45) is 10.9 Å². The first-order valence-corrected chi connectivity index (χ1v) is 13.8. The summed E-state index contributed by atoms with van der Waals surface area (Å²) in [5, 5.41) is 18.5. The molecule has 8 heteroatoms. The number of hydrogen-bond donors (Lipinski definition) is 2. The minimum Gasteiger partial charge on any atom is -0.325 e. The summed E-state index contributed by atoms with van der Waals surface area (Å²) >= 11 is 2.74. The van der Waals surface area contributed by atoms with Gasteiger partial charge in [0.15, 0.2) is 0 Å². The Kier molecular flexibility index (Phi) is 8.59. The van der Waals surface area contributed by atoms with Crippen molar-refractivity contribution in [1.29, 1.82) is 5.26 Å². The lowest BCUT2D eigenvalue weighted by Crippen LogP contribution is -2.31. The molecular formula is C29H28N4O2S2. The highest BCUT2D eigenvalue weighted by molar-refractivity contribution is 8.14. The highest BCUT2D eigenvalue weighted by atomic mass is 32.2. The van der Waals surface area contributed by atoms with Crippen molar-refractivity contribution in [2.75, 3.05) is 16.4 Å². The molecule has 0 radical (unpaired) electrons. The third-order valence-corrected chi connectivity index (χ3v) is 8.06. The van der Waals surface area contributed by atoms with E-state index in [-0.39, 0.29) is 17.6 Å². The van der Waals surface area contributed by atoms with E-state index in [0.717, 1.165) is 10.6 Å². The summed E-state index contributed by atoms with van der Waals surface area (Å²) in [6, 6.07) is 23.2. The average molecular weight is 529 g/mol. The molecule has 0 fully saturated rings. The summed E-state index contributed by atoms with van der Waals surface area (Å²) < 4.78 is 0. The van der Waals surface area contributed by atoms with Gasteiger partial charge >= 0.3 is 0 Å². The van der Waals surface area contributed by atoms with Crippen LogP contribution in [-0.2, 0) is 9.59 Å². The van der Waals surface area contributed by atoms with Gasteiger partial charge in [-0.05, 0) is 54.1 Å². The largest absolute Gasteiger partial charge is 0.325 e. The molecule has 0 spiro atoms. The molecule has 2 aromatic carbocycles. The van der Waals surface area contributed by atoms with Crippen LogP contribution in [0.2, 0.25) is 0 Å². The van der Waals surface area contributed by atoms with Gasteiger partial charge in [-0.1, -0.05) is 62.0 Å². The Hall–Kier alpha value is -3.67. The van der Waals surface area contributed by atoms with Gasteiger partial charge in [-0.2, -0.15) is 5.26 Å². The number of hydrogen-bond acceptors (Lipinski definition) is 6. The quantitative estimate of drug-likeness (QED) is 0.353. The molecular weight excluding hydrogens is 500 g/mol. The minimum absolute atomic E-state index is 0.110. The molecule has 1 aliphatic heterocycles. The van der Waals surface area contributed by atoms with E-state index in [9.17, 15) is 14.9 Å². The molecule has 0 bridgehead atoms. The third-order valence-electron chi connectivity index (χ3n) is 6.06. The number of thiophene rings is 1. The fraction of sp³-hybridized carbons (Fsp3) is 0.241. The van der Waals surface area contributed by atoms with Crippen LogP contribution in [0.1, 0.15) is 43.0 Å². The number of carbonyl (C=O) groups is 2. The maximum absolute atomic E-state index is 13.4. The number of rotatable bonds is 7. The number of amides is 2. The normalized spacial score (nSPS) is 17.2. The van der Waals surface area contributed by atoms with Crippen LogP contribution < -0.4 is 10.6 Å². The van der Waals surface area contributed by atoms with Crippen molar-refractivity contribution in [2.45, 2.75) is 32.6 Å². The molecule has 1 aromatic heterocycles. The number of anilines is 2. The number of aliphatic imine (C=N–C) groups is 1. The second-order valence-corrected chi connectivity index (χ2v) is 11.0.